The molecule has 13 heavy (non-hydrogen) atoms. The zero-order valence-corrected chi connectivity index (χ0v) is 8.47. The van der Waals surface area contributed by atoms with Gasteiger partial charge < -0.3 is 24.3 Å². The van der Waals surface area contributed by atoms with Crippen molar-refractivity contribution in [3.63, 3.8) is 0 Å². The Balaban J connectivity index is 0. The van der Waals surface area contributed by atoms with Crippen molar-refractivity contribution >= 4 is 15.0 Å². The Kier molecular flexibility index (Phi) is 9.40. The van der Waals surface area contributed by atoms with Crippen molar-refractivity contribution in [3.05, 3.63) is 0 Å². The van der Waals surface area contributed by atoms with Gasteiger partial charge in [-0.15, -0.1) is 0 Å². The van der Waals surface area contributed by atoms with Crippen molar-refractivity contribution in [2.75, 3.05) is 0 Å². The van der Waals surface area contributed by atoms with Crippen LogP contribution in [0.15, 0.2) is 0 Å². The van der Waals surface area contributed by atoms with E-state index in [9.17, 15) is 4.79 Å². The first-order chi connectivity index (χ1) is 5.77. The highest BCUT2D eigenvalue weighted by molar-refractivity contribution is 6.46. The van der Waals surface area contributed by atoms with Crippen molar-refractivity contribution < 1.29 is 29.1 Å². The molecule has 7 heteroatoms. The number of aliphatic carboxylic acids is 1. The summed E-state index contributed by atoms with van der Waals surface area (Å²) in [5.41, 5.74) is 0. The van der Waals surface area contributed by atoms with E-state index in [1.165, 1.54) is 0 Å². The van der Waals surface area contributed by atoms with E-state index in [1.807, 2.05) is 0 Å². The van der Waals surface area contributed by atoms with Crippen LogP contribution < -0.4 is 0 Å². The molecule has 0 radical (unpaired) electrons. The third-order valence-electron chi connectivity index (χ3n) is 0.994. The van der Waals surface area contributed by atoms with Crippen LogP contribution in [0.5, 0.6) is 0 Å². The van der Waals surface area contributed by atoms with Crippen LogP contribution in [0.4, 0.5) is 0 Å². The van der Waals surface area contributed by atoms with Crippen LogP contribution in [0.1, 0.15) is 32.6 Å². The number of carboxylic acid groups (broad SMARTS) is 1. The van der Waals surface area contributed by atoms with Crippen molar-refractivity contribution in [2.45, 2.75) is 32.6 Å². The van der Waals surface area contributed by atoms with Gasteiger partial charge in [0.1, 0.15) is 0 Å². The van der Waals surface area contributed by atoms with Gasteiger partial charge in [-0.3, -0.25) is 4.79 Å². The molecule has 80 valence electrons. The summed E-state index contributed by atoms with van der Waals surface area (Å²) in [6.45, 7) is 2.06. The quantitative estimate of drug-likeness (QED) is 0.302. The Bertz CT molecular complexity index is 126. The predicted octanol–water partition coefficient (Wildman–Crippen LogP) is -0.958. The van der Waals surface area contributed by atoms with E-state index in [4.69, 9.17) is 24.3 Å². The number of carboxylic acids is 1. The fourth-order valence-corrected chi connectivity index (χ4v) is 0.526. The molecule has 0 aliphatic heterocycles. The van der Waals surface area contributed by atoms with Crippen LogP contribution in [-0.2, 0) is 4.79 Å². The molecule has 0 saturated carbocycles. The molecular formula is C6H16O6Si. The fraction of sp³-hybridized carbons (Fsp3) is 0.833. The number of carbonyl (C=O) groups is 1. The lowest BCUT2D eigenvalue weighted by molar-refractivity contribution is -0.137. The van der Waals surface area contributed by atoms with Crippen molar-refractivity contribution in [1.29, 1.82) is 0 Å². The summed E-state index contributed by atoms with van der Waals surface area (Å²) in [4.78, 5) is 39.2. The lowest BCUT2D eigenvalue weighted by Crippen LogP contribution is -2.33. The Morgan fingerprint density at radius 2 is 1.54 bits per heavy atom. The second kappa shape index (κ2) is 8.14. The van der Waals surface area contributed by atoms with Crippen LogP contribution >= 0.6 is 0 Å². The maximum Gasteiger partial charge on any atom is 0.668 e. The molecule has 6 nitrogen and oxygen atoms in total. The first-order valence-corrected chi connectivity index (χ1v) is 5.67. The molecule has 0 aromatic carbocycles. The van der Waals surface area contributed by atoms with Gasteiger partial charge >= 0.3 is 15.0 Å². The summed E-state index contributed by atoms with van der Waals surface area (Å²) in [6.07, 6.45) is 3.28. The van der Waals surface area contributed by atoms with Crippen LogP contribution in [0.25, 0.3) is 0 Å². The topological polar surface area (TPSA) is 118 Å². The number of rotatable bonds is 4. The summed E-state index contributed by atoms with van der Waals surface area (Å²) in [7, 11) is -4.61. The Labute approximate surface area is 77.6 Å². The summed E-state index contributed by atoms with van der Waals surface area (Å²) >= 11 is 0. The van der Waals surface area contributed by atoms with Gasteiger partial charge in [0, 0.05) is 6.42 Å². The second-order valence-corrected chi connectivity index (χ2v) is 3.65. The van der Waals surface area contributed by atoms with E-state index in [2.05, 4.69) is 6.92 Å². The van der Waals surface area contributed by atoms with E-state index in [1.54, 1.807) is 0 Å². The van der Waals surface area contributed by atoms with Crippen molar-refractivity contribution in [3.8, 4) is 0 Å². The molecule has 5 N–H and O–H groups in total. The van der Waals surface area contributed by atoms with E-state index in [0.717, 1.165) is 19.3 Å². The molecule has 0 fully saturated rings. The molecule has 0 spiro atoms. The maximum absolute atomic E-state index is 9.87. The third-order valence-corrected chi connectivity index (χ3v) is 0.994. The van der Waals surface area contributed by atoms with Gasteiger partial charge in [0.2, 0.25) is 0 Å². The monoisotopic (exact) mass is 212 g/mol. The molecule has 0 aliphatic carbocycles. The van der Waals surface area contributed by atoms with Gasteiger partial charge in [0.05, 0.1) is 0 Å². The van der Waals surface area contributed by atoms with Gasteiger partial charge in [0.25, 0.3) is 0 Å². The molecule has 0 atom stereocenters. The summed E-state index contributed by atoms with van der Waals surface area (Å²) in [6, 6.07) is 0. The summed E-state index contributed by atoms with van der Waals surface area (Å²) in [5.74, 6) is -0.682. The molecule has 0 aromatic heterocycles. The number of hydrogen-bond acceptors (Lipinski definition) is 5. The Morgan fingerprint density at radius 1 is 1.15 bits per heavy atom. The van der Waals surface area contributed by atoms with Gasteiger partial charge in [-0.2, -0.15) is 0 Å². The van der Waals surface area contributed by atoms with Crippen LogP contribution in [0.2, 0.25) is 0 Å². The van der Waals surface area contributed by atoms with E-state index in [-0.39, 0.29) is 0 Å². The standard InChI is InChI=1S/C6H12O2.H4O4Si/c1-2-3-4-5-6(7)8;1-5(2,3)4/h2-5H2,1H3,(H,7,8);1-4H. The average molecular weight is 212 g/mol. The minimum Gasteiger partial charge on any atom is -0.481 e. The van der Waals surface area contributed by atoms with Gasteiger partial charge in [0.15, 0.2) is 0 Å². The average Bonchev–Trinajstić information content (AvgIpc) is 1.83. The minimum atomic E-state index is -4.61. The summed E-state index contributed by atoms with van der Waals surface area (Å²) in [5, 5.41) is 8.14. The zero-order valence-electron chi connectivity index (χ0n) is 7.47. The normalized spacial score (nSPS) is 10.2. The maximum atomic E-state index is 9.87. The highest BCUT2D eigenvalue weighted by Gasteiger charge is 2.22. The molecule has 0 bridgehead atoms. The molecule has 0 unspecified atom stereocenters. The van der Waals surface area contributed by atoms with Crippen molar-refractivity contribution in [1.82, 2.24) is 0 Å². The second-order valence-electron chi connectivity index (χ2n) is 2.45. The Morgan fingerprint density at radius 3 is 1.77 bits per heavy atom. The lowest BCUT2D eigenvalue weighted by Gasteiger charge is -1.91. The minimum absolute atomic E-state index is 0.327. The smallest absolute Gasteiger partial charge is 0.481 e. The lowest BCUT2D eigenvalue weighted by atomic mass is 10.2. The SMILES string of the molecule is CCCCCC(=O)O.O[Si](O)(O)O. The number of hydrogen-bond donors (Lipinski definition) is 5. The summed E-state index contributed by atoms with van der Waals surface area (Å²) < 4.78 is 0. The molecule has 0 aromatic rings. The number of unbranched alkanes of at least 4 members (excludes halogenated alkanes) is 2. The molecule has 0 heterocycles. The molecule has 0 saturated heterocycles. The first kappa shape index (κ1) is 15.0. The van der Waals surface area contributed by atoms with Gasteiger partial charge in [-0.05, 0) is 6.42 Å². The molecule has 0 aliphatic rings. The van der Waals surface area contributed by atoms with E-state index < -0.39 is 15.0 Å². The first-order valence-electron chi connectivity index (χ1n) is 3.88. The van der Waals surface area contributed by atoms with Gasteiger partial charge in [-0.1, -0.05) is 19.8 Å². The Hall–Kier alpha value is -0.473. The zero-order chi connectivity index (χ0) is 10.9. The van der Waals surface area contributed by atoms with E-state index >= 15 is 0 Å². The van der Waals surface area contributed by atoms with Crippen molar-refractivity contribution in [2.24, 2.45) is 0 Å². The highest BCUT2D eigenvalue weighted by atomic mass is 28.4. The largest absolute Gasteiger partial charge is 0.668 e. The molecule has 0 rings (SSSR count). The van der Waals surface area contributed by atoms with Crippen LogP contribution in [0.3, 0.4) is 0 Å². The van der Waals surface area contributed by atoms with E-state index in [0.29, 0.717) is 6.42 Å². The molecule has 0 amide bonds. The van der Waals surface area contributed by atoms with Gasteiger partial charge in [-0.25, -0.2) is 0 Å². The third kappa shape index (κ3) is 51.1. The predicted molar refractivity (Wildman–Crippen MR) is 46.4 cm³/mol. The molecular weight excluding hydrogens is 196 g/mol. The van der Waals surface area contributed by atoms with Crippen LogP contribution in [-0.4, -0.2) is 39.3 Å². The van der Waals surface area contributed by atoms with Crippen LogP contribution in [0, 0.1) is 0 Å². The highest BCUT2D eigenvalue weighted by Crippen LogP contribution is 1.97. The fourth-order valence-electron chi connectivity index (χ4n) is 0.526.